The van der Waals surface area contributed by atoms with Gasteiger partial charge in [-0.3, -0.25) is 9.80 Å². The van der Waals surface area contributed by atoms with Crippen molar-refractivity contribution in [3.05, 3.63) is 24.2 Å². The number of nitrogens with zero attached hydrogens (tertiary/aromatic N) is 2. The summed E-state index contributed by atoms with van der Waals surface area (Å²) >= 11 is 0. The molecule has 0 radical (unpaired) electrons. The van der Waals surface area contributed by atoms with Crippen molar-refractivity contribution in [2.75, 3.05) is 19.6 Å². The Bertz CT molecular complexity index is 404. The Morgan fingerprint density at radius 2 is 2.26 bits per heavy atom. The van der Waals surface area contributed by atoms with E-state index in [1.807, 2.05) is 6.07 Å². The topological polar surface area (TPSA) is 45.6 Å². The summed E-state index contributed by atoms with van der Waals surface area (Å²) in [5.41, 5.74) is 6.24. The van der Waals surface area contributed by atoms with Crippen LogP contribution in [-0.4, -0.2) is 47.6 Å². The van der Waals surface area contributed by atoms with Gasteiger partial charge in [0.25, 0.3) is 0 Å². The van der Waals surface area contributed by atoms with E-state index in [-0.39, 0.29) is 12.1 Å². The maximum atomic E-state index is 6.24. The maximum absolute atomic E-state index is 6.24. The second-order valence-corrected chi connectivity index (χ2v) is 6.16. The van der Waals surface area contributed by atoms with Crippen LogP contribution in [0, 0.1) is 0 Å². The van der Waals surface area contributed by atoms with Gasteiger partial charge in [-0.25, -0.2) is 0 Å². The largest absolute Gasteiger partial charge is 0.468 e. The Hall–Kier alpha value is -0.840. The van der Waals surface area contributed by atoms with E-state index >= 15 is 0 Å². The van der Waals surface area contributed by atoms with Crippen molar-refractivity contribution < 1.29 is 4.42 Å². The minimum Gasteiger partial charge on any atom is -0.468 e. The van der Waals surface area contributed by atoms with E-state index in [0.717, 1.165) is 18.8 Å². The summed E-state index contributed by atoms with van der Waals surface area (Å²) in [6.07, 6.45) is 4.42. The molecular weight excluding hydrogens is 238 g/mol. The van der Waals surface area contributed by atoms with Gasteiger partial charge in [-0.1, -0.05) is 0 Å². The van der Waals surface area contributed by atoms with E-state index < -0.39 is 0 Å². The number of piperazine rings is 1. The van der Waals surface area contributed by atoms with Crippen molar-refractivity contribution in [2.45, 2.75) is 50.9 Å². The van der Waals surface area contributed by atoms with Crippen LogP contribution in [0.2, 0.25) is 0 Å². The molecule has 2 N–H and O–H groups in total. The molecule has 19 heavy (non-hydrogen) atoms. The van der Waals surface area contributed by atoms with E-state index in [1.54, 1.807) is 6.26 Å². The van der Waals surface area contributed by atoms with E-state index in [9.17, 15) is 0 Å². The highest BCUT2D eigenvalue weighted by atomic mass is 16.3. The van der Waals surface area contributed by atoms with E-state index in [4.69, 9.17) is 10.2 Å². The van der Waals surface area contributed by atoms with Gasteiger partial charge in [-0.15, -0.1) is 0 Å². The van der Waals surface area contributed by atoms with Gasteiger partial charge in [-0.2, -0.15) is 0 Å². The molecule has 1 aromatic rings. The highest BCUT2D eigenvalue weighted by molar-refractivity contribution is 5.09. The number of rotatable bonds is 3. The Morgan fingerprint density at radius 1 is 1.42 bits per heavy atom. The zero-order chi connectivity index (χ0) is 13.4. The van der Waals surface area contributed by atoms with Gasteiger partial charge >= 0.3 is 0 Å². The lowest BCUT2D eigenvalue weighted by atomic mass is 9.99. The van der Waals surface area contributed by atoms with Gasteiger partial charge in [0.15, 0.2) is 0 Å². The smallest absolute Gasteiger partial charge is 0.122 e. The number of nitrogens with two attached hydrogens (primary N) is 1. The second-order valence-electron chi connectivity index (χ2n) is 6.16. The lowest BCUT2D eigenvalue weighted by Gasteiger charge is -2.46. The van der Waals surface area contributed by atoms with Crippen molar-refractivity contribution in [1.82, 2.24) is 9.80 Å². The lowest BCUT2D eigenvalue weighted by Crippen LogP contribution is -2.57. The van der Waals surface area contributed by atoms with E-state index in [1.165, 1.54) is 19.4 Å². The molecule has 4 heteroatoms. The van der Waals surface area contributed by atoms with Crippen LogP contribution < -0.4 is 5.73 Å². The molecule has 1 aromatic heterocycles. The zero-order valence-electron chi connectivity index (χ0n) is 12.0. The molecule has 2 saturated heterocycles. The molecule has 0 amide bonds. The Balaban J connectivity index is 1.82. The summed E-state index contributed by atoms with van der Waals surface area (Å²) in [5.74, 6) is 1.01. The fourth-order valence-electron chi connectivity index (χ4n) is 3.78. The molecule has 106 valence electrons. The van der Waals surface area contributed by atoms with Crippen LogP contribution >= 0.6 is 0 Å². The van der Waals surface area contributed by atoms with Crippen LogP contribution in [0.25, 0.3) is 0 Å². The molecule has 2 fully saturated rings. The van der Waals surface area contributed by atoms with Crippen molar-refractivity contribution in [1.29, 1.82) is 0 Å². The number of fused-ring (bicyclic) bond motifs is 1. The monoisotopic (exact) mass is 263 g/mol. The normalized spacial score (nSPS) is 32.2. The molecular formula is C15H25N3O. The lowest BCUT2D eigenvalue weighted by molar-refractivity contribution is 0.0137. The maximum Gasteiger partial charge on any atom is 0.122 e. The summed E-state index contributed by atoms with van der Waals surface area (Å²) in [6, 6.07) is 5.56. The molecule has 0 aliphatic carbocycles. The third-order valence-electron chi connectivity index (χ3n) is 4.68. The van der Waals surface area contributed by atoms with Crippen LogP contribution in [0.15, 0.2) is 22.8 Å². The molecule has 0 aromatic carbocycles. The number of furan rings is 1. The van der Waals surface area contributed by atoms with Crippen molar-refractivity contribution in [3.63, 3.8) is 0 Å². The molecule has 3 heterocycles. The third-order valence-corrected chi connectivity index (χ3v) is 4.68. The van der Waals surface area contributed by atoms with Gasteiger partial charge in [0.05, 0.1) is 12.3 Å². The second kappa shape index (κ2) is 5.27. The first-order valence-electron chi connectivity index (χ1n) is 7.45. The Morgan fingerprint density at radius 3 is 2.95 bits per heavy atom. The average molecular weight is 263 g/mol. The SMILES string of the molecule is CC(N)C(c1ccco1)N1CC2CCCN2CC1C. The first kappa shape index (κ1) is 13.2. The highest BCUT2D eigenvalue weighted by Crippen LogP contribution is 2.32. The van der Waals surface area contributed by atoms with Gasteiger partial charge in [0, 0.05) is 31.2 Å². The first-order chi connectivity index (χ1) is 9.16. The average Bonchev–Trinajstić information content (AvgIpc) is 3.00. The number of hydrogen-bond donors (Lipinski definition) is 1. The van der Waals surface area contributed by atoms with Gasteiger partial charge in [0.2, 0.25) is 0 Å². The minimum absolute atomic E-state index is 0.0848. The summed E-state index contributed by atoms with van der Waals surface area (Å²) in [7, 11) is 0. The summed E-state index contributed by atoms with van der Waals surface area (Å²) in [6.45, 7) is 7.95. The first-order valence-corrected chi connectivity index (χ1v) is 7.45. The fraction of sp³-hybridized carbons (Fsp3) is 0.733. The standard InChI is InChI=1S/C15H25N3O/c1-11-9-17-7-3-5-13(17)10-18(11)15(12(2)16)14-6-4-8-19-14/h4,6,8,11-13,15H,3,5,7,9-10,16H2,1-2H3. The van der Waals surface area contributed by atoms with Gasteiger partial charge < -0.3 is 10.2 Å². The molecule has 3 rings (SSSR count). The molecule has 2 aliphatic rings. The van der Waals surface area contributed by atoms with Crippen molar-refractivity contribution in [3.8, 4) is 0 Å². The predicted molar refractivity (Wildman–Crippen MR) is 75.9 cm³/mol. The molecule has 0 bridgehead atoms. The third kappa shape index (κ3) is 2.45. The minimum atomic E-state index is 0.0848. The fourth-order valence-corrected chi connectivity index (χ4v) is 3.78. The molecule has 0 saturated carbocycles. The highest BCUT2D eigenvalue weighted by Gasteiger charge is 2.39. The van der Waals surface area contributed by atoms with E-state index in [2.05, 4.69) is 29.7 Å². The van der Waals surface area contributed by atoms with Crippen molar-refractivity contribution in [2.24, 2.45) is 5.73 Å². The molecule has 4 atom stereocenters. The molecule has 0 spiro atoms. The summed E-state index contributed by atoms with van der Waals surface area (Å²) < 4.78 is 5.63. The zero-order valence-corrected chi connectivity index (χ0v) is 12.0. The molecule has 4 unspecified atom stereocenters. The van der Waals surface area contributed by atoms with Gasteiger partial charge in [0.1, 0.15) is 5.76 Å². The number of hydrogen-bond acceptors (Lipinski definition) is 4. The molecule has 4 nitrogen and oxygen atoms in total. The Labute approximate surface area is 115 Å². The van der Waals surface area contributed by atoms with Crippen LogP contribution in [-0.2, 0) is 0 Å². The van der Waals surface area contributed by atoms with Gasteiger partial charge in [-0.05, 0) is 45.4 Å². The van der Waals surface area contributed by atoms with Crippen molar-refractivity contribution >= 4 is 0 Å². The predicted octanol–water partition coefficient (Wildman–Crippen LogP) is 1.84. The molecule has 2 aliphatic heterocycles. The summed E-state index contributed by atoms with van der Waals surface area (Å²) in [4.78, 5) is 5.19. The van der Waals surface area contributed by atoms with E-state index in [0.29, 0.717) is 12.1 Å². The van der Waals surface area contributed by atoms with Crippen LogP contribution in [0.3, 0.4) is 0 Å². The van der Waals surface area contributed by atoms with Crippen LogP contribution in [0.4, 0.5) is 0 Å². The summed E-state index contributed by atoms with van der Waals surface area (Å²) in [5, 5.41) is 0. The van der Waals surface area contributed by atoms with Crippen LogP contribution in [0.1, 0.15) is 38.5 Å². The van der Waals surface area contributed by atoms with Crippen LogP contribution in [0.5, 0.6) is 0 Å². The quantitative estimate of drug-likeness (QED) is 0.904. The Kier molecular flexibility index (Phi) is 3.65.